The van der Waals surface area contributed by atoms with Crippen LogP contribution in [-0.2, 0) is 32.9 Å². The molecule has 0 saturated heterocycles. The van der Waals surface area contributed by atoms with Crippen LogP contribution in [-0.4, -0.2) is 46.7 Å². The minimum Gasteiger partial charge on any atom is -0.473 e. The van der Waals surface area contributed by atoms with Crippen LogP contribution in [0.3, 0.4) is 0 Å². The molecular formula is C17H21N3O6S. The highest BCUT2D eigenvalue weighted by Crippen LogP contribution is 2.33. The molecule has 27 heavy (non-hydrogen) atoms. The van der Waals surface area contributed by atoms with Crippen molar-refractivity contribution in [2.45, 2.75) is 35.2 Å². The van der Waals surface area contributed by atoms with E-state index in [1.807, 2.05) is 6.07 Å². The fourth-order valence-corrected chi connectivity index (χ4v) is 4.41. The van der Waals surface area contributed by atoms with Crippen LogP contribution in [0.25, 0.3) is 0 Å². The standard InChI is InChI=1S/C15H19N3O2S.C2H2O4/c1-18-8-7-17-15(18)21(19,20)13-5-6-14-11(9-13)3-2-4-12(14)10-16;3-1(4)2(5)6/h5-9,12H,2-4,10,16H2,1H3;(H,3,4)(H,5,6)/t12-;/m0./s1. The maximum atomic E-state index is 12.6. The zero-order valence-corrected chi connectivity index (χ0v) is 15.5. The third-order valence-corrected chi connectivity index (χ3v) is 6.10. The Labute approximate surface area is 156 Å². The van der Waals surface area contributed by atoms with E-state index in [9.17, 15) is 8.42 Å². The van der Waals surface area contributed by atoms with E-state index in [-0.39, 0.29) is 5.16 Å². The normalized spacial score (nSPS) is 16.0. The second-order valence-electron chi connectivity index (χ2n) is 6.12. The van der Waals surface area contributed by atoms with Gasteiger partial charge >= 0.3 is 11.9 Å². The van der Waals surface area contributed by atoms with Gasteiger partial charge in [-0.1, -0.05) is 6.07 Å². The van der Waals surface area contributed by atoms with Crippen LogP contribution < -0.4 is 5.73 Å². The summed E-state index contributed by atoms with van der Waals surface area (Å²) in [6, 6.07) is 5.39. The summed E-state index contributed by atoms with van der Waals surface area (Å²) in [6.07, 6.45) is 6.18. The molecule has 1 heterocycles. The molecule has 0 bridgehead atoms. The summed E-state index contributed by atoms with van der Waals surface area (Å²) in [5, 5.41) is 14.9. The van der Waals surface area contributed by atoms with Crippen molar-refractivity contribution in [3.8, 4) is 0 Å². The summed E-state index contributed by atoms with van der Waals surface area (Å²) < 4.78 is 26.8. The second-order valence-corrected chi connectivity index (χ2v) is 7.96. The molecule has 3 rings (SSSR count). The van der Waals surface area contributed by atoms with Crippen LogP contribution in [0.1, 0.15) is 29.9 Å². The Morgan fingerprint density at radius 3 is 2.48 bits per heavy atom. The molecule has 0 aliphatic heterocycles. The number of hydrogen-bond acceptors (Lipinski definition) is 6. The zero-order chi connectivity index (χ0) is 20.2. The van der Waals surface area contributed by atoms with Crippen LogP contribution in [0.4, 0.5) is 0 Å². The number of aryl methyl sites for hydroxylation is 2. The topological polar surface area (TPSA) is 153 Å². The number of nitrogens with two attached hydrogens (primary N) is 1. The molecule has 0 saturated carbocycles. The predicted molar refractivity (Wildman–Crippen MR) is 95.1 cm³/mol. The molecule has 0 radical (unpaired) electrons. The molecule has 1 aliphatic carbocycles. The van der Waals surface area contributed by atoms with Crippen LogP contribution in [0.5, 0.6) is 0 Å². The summed E-state index contributed by atoms with van der Waals surface area (Å²) in [7, 11) is -1.88. The number of fused-ring (bicyclic) bond motifs is 1. The number of carboxylic acids is 2. The largest absolute Gasteiger partial charge is 0.473 e. The Morgan fingerprint density at radius 1 is 1.30 bits per heavy atom. The van der Waals surface area contributed by atoms with Crippen LogP contribution in [0, 0.1) is 0 Å². The van der Waals surface area contributed by atoms with E-state index in [4.69, 9.17) is 25.5 Å². The van der Waals surface area contributed by atoms with Gasteiger partial charge in [-0.05, 0) is 55.0 Å². The van der Waals surface area contributed by atoms with Crippen LogP contribution >= 0.6 is 0 Å². The maximum absolute atomic E-state index is 12.6. The van der Waals surface area contributed by atoms with Crippen LogP contribution in [0.15, 0.2) is 40.6 Å². The SMILES string of the molecule is Cn1ccnc1S(=O)(=O)c1ccc2c(c1)CCC[C@H]2CN.O=C(O)C(=O)O. The lowest BCUT2D eigenvalue weighted by molar-refractivity contribution is -0.159. The third-order valence-electron chi connectivity index (χ3n) is 4.35. The molecule has 2 aromatic rings. The quantitative estimate of drug-likeness (QED) is 0.645. The highest BCUT2D eigenvalue weighted by Gasteiger charge is 2.25. The minimum absolute atomic E-state index is 0.0774. The third kappa shape index (κ3) is 4.52. The van der Waals surface area contributed by atoms with E-state index < -0.39 is 21.8 Å². The molecule has 1 aromatic carbocycles. The number of nitrogens with zero attached hydrogens (tertiary/aromatic N) is 2. The summed E-state index contributed by atoms with van der Waals surface area (Å²) in [6.45, 7) is 0.610. The van der Waals surface area contributed by atoms with Gasteiger partial charge in [0, 0.05) is 19.4 Å². The number of rotatable bonds is 3. The lowest BCUT2D eigenvalue weighted by atomic mass is 9.83. The molecule has 0 spiro atoms. The van der Waals surface area contributed by atoms with E-state index >= 15 is 0 Å². The van der Waals surface area contributed by atoms with Gasteiger partial charge in [-0.25, -0.2) is 23.0 Å². The first kappa shape index (κ1) is 20.6. The number of imidazole rings is 1. The van der Waals surface area contributed by atoms with Gasteiger partial charge in [-0.3, -0.25) is 0 Å². The molecular weight excluding hydrogens is 374 g/mol. The van der Waals surface area contributed by atoms with Gasteiger partial charge in [-0.2, -0.15) is 0 Å². The molecule has 1 aromatic heterocycles. The van der Waals surface area contributed by atoms with Crippen molar-refractivity contribution in [2.75, 3.05) is 6.54 Å². The van der Waals surface area contributed by atoms with Crippen molar-refractivity contribution in [3.05, 3.63) is 41.7 Å². The van der Waals surface area contributed by atoms with Gasteiger partial charge in [0.05, 0.1) is 4.90 Å². The van der Waals surface area contributed by atoms with Gasteiger partial charge in [0.15, 0.2) is 0 Å². The van der Waals surface area contributed by atoms with Crippen molar-refractivity contribution in [3.63, 3.8) is 0 Å². The smallest absolute Gasteiger partial charge is 0.414 e. The predicted octanol–water partition coefficient (Wildman–Crippen LogP) is 0.787. The Balaban J connectivity index is 0.000000380. The van der Waals surface area contributed by atoms with E-state index in [1.165, 1.54) is 16.3 Å². The Morgan fingerprint density at radius 2 is 1.96 bits per heavy atom. The molecule has 0 fully saturated rings. The summed E-state index contributed by atoms with van der Waals surface area (Å²) in [5.74, 6) is -3.30. The van der Waals surface area contributed by atoms with Crippen molar-refractivity contribution in [1.82, 2.24) is 9.55 Å². The molecule has 0 unspecified atom stereocenters. The number of hydrogen-bond donors (Lipinski definition) is 3. The number of carbonyl (C=O) groups is 2. The summed E-state index contributed by atoms with van der Waals surface area (Å²) in [5.41, 5.74) is 8.11. The first-order valence-electron chi connectivity index (χ1n) is 8.20. The van der Waals surface area contributed by atoms with Crippen molar-refractivity contribution < 1.29 is 28.2 Å². The number of sulfone groups is 1. The fourth-order valence-electron chi connectivity index (χ4n) is 3.02. The second kappa shape index (κ2) is 8.31. The van der Waals surface area contributed by atoms with Crippen LogP contribution in [0.2, 0.25) is 0 Å². The van der Waals surface area contributed by atoms with Gasteiger partial charge in [-0.15, -0.1) is 0 Å². The van der Waals surface area contributed by atoms with Gasteiger partial charge in [0.1, 0.15) is 0 Å². The summed E-state index contributed by atoms with van der Waals surface area (Å²) >= 11 is 0. The van der Waals surface area contributed by atoms with Crippen molar-refractivity contribution in [1.29, 1.82) is 0 Å². The molecule has 1 aliphatic rings. The van der Waals surface area contributed by atoms with E-state index in [0.29, 0.717) is 17.4 Å². The van der Waals surface area contributed by atoms with Gasteiger partial charge in [0.2, 0.25) is 15.0 Å². The maximum Gasteiger partial charge on any atom is 0.414 e. The fraction of sp³-hybridized carbons (Fsp3) is 0.353. The average molecular weight is 395 g/mol. The Bertz CT molecular complexity index is 939. The van der Waals surface area contributed by atoms with Crippen molar-refractivity contribution in [2.24, 2.45) is 12.8 Å². The minimum atomic E-state index is -3.56. The van der Waals surface area contributed by atoms with E-state index in [0.717, 1.165) is 24.8 Å². The van der Waals surface area contributed by atoms with Gasteiger partial charge in [0.25, 0.3) is 0 Å². The van der Waals surface area contributed by atoms with Gasteiger partial charge < -0.3 is 20.5 Å². The average Bonchev–Trinajstić information content (AvgIpc) is 3.08. The number of benzene rings is 1. The van der Waals surface area contributed by atoms with E-state index in [1.54, 1.807) is 25.4 Å². The molecule has 1 atom stereocenters. The lowest BCUT2D eigenvalue weighted by Gasteiger charge is -2.24. The Kier molecular flexibility index (Phi) is 6.34. The monoisotopic (exact) mass is 395 g/mol. The highest BCUT2D eigenvalue weighted by molar-refractivity contribution is 7.91. The van der Waals surface area contributed by atoms with Crippen molar-refractivity contribution >= 4 is 21.8 Å². The number of carboxylic acid groups (broad SMARTS) is 2. The zero-order valence-electron chi connectivity index (χ0n) is 14.7. The van der Waals surface area contributed by atoms with E-state index in [2.05, 4.69) is 4.98 Å². The number of aromatic nitrogens is 2. The summed E-state index contributed by atoms with van der Waals surface area (Å²) in [4.78, 5) is 22.5. The lowest BCUT2D eigenvalue weighted by Crippen LogP contribution is -2.19. The first-order chi connectivity index (χ1) is 12.7. The Hall–Kier alpha value is -2.72. The first-order valence-corrected chi connectivity index (χ1v) is 9.68. The molecule has 10 heteroatoms. The molecule has 146 valence electrons. The molecule has 0 amide bonds. The highest BCUT2D eigenvalue weighted by atomic mass is 32.2. The number of aliphatic carboxylic acids is 2. The molecule has 9 nitrogen and oxygen atoms in total. The molecule has 4 N–H and O–H groups in total.